The average Bonchev–Trinajstić information content (AvgIpc) is 2.53. The van der Waals surface area contributed by atoms with Gasteiger partial charge in [-0.3, -0.25) is 4.99 Å². The summed E-state index contributed by atoms with van der Waals surface area (Å²) in [7, 11) is 1.66. The van der Waals surface area contributed by atoms with Crippen LogP contribution in [0.4, 0.5) is 5.69 Å². The molecule has 0 saturated heterocycles. The van der Waals surface area contributed by atoms with Crippen molar-refractivity contribution in [3.8, 4) is 5.75 Å². The fourth-order valence-electron chi connectivity index (χ4n) is 1.95. The topological polar surface area (TPSA) is 21.6 Å². The van der Waals surface area contributed by atoms with Crippen molar-refractivity contribution in [2.45, 2.75) is 13.3 Å². The molecule has 1 aromatic carbocycles. The summed E-state index contributed by atoms with van der Waals surface area (Å²) in [5, 5.41) is 0. The molecule has 1 aliphatic rings. The molecule has 0 atom stereocenters. The summed E-state index contributed by atoms with van der Waals surface area (Å²) >= 11 is 0. The Morgan fingerprint density at radius 3 is 2.60 bits per heavy atom. The van der Waals surface area contributed by atoms with Crippen molar-refractivity contribution in [3.05, 3.63) is 71.9 Å². The van der Waals surface area contributed by atoms with Gasteiger partial charge >= 0.3 is 0 Å². The number of allylic oxidation sites excluding steroid dienone is 8. The van der Waals surface area contributed by atoms with E-state index >= 15 is 0 Å². The van der Waals surface area contributed by atoms with Crippen molar-refractivity contribution >= 4 is 11.9 Å². The quantitative estimate of drug-likeness (QED) is 0.717. The third-order valence-electron chi connectivity index (χ3n) is 3.02. The molecule has 0 bridgehead atoms. The minimum absolute atomic E-state index is 0.844. The number of hydrogen-bond donors (Lipinski definition) is 0. The molecule has 0 fully saturated rings. The summed E-state index contributed by atoms with van der Waals surface area (Å²) < 4.78 is 5.14. The summed E-state index contributed by atoms with van der Waals surface area (Å²) in [6, 6.07) is 7.73. The molecule has 2 nitrogen and oxygen atoms in total. The number of ether oxygens (including phenoxy) is 1. The van der Waals surface area contributed by atoms with Gasteiger partial charge in [0, 0.05) is 6.21 Å². The van der Waals surface area contributed by atoms with Crippen LogP contribution in [0.1, 0.15) is 13.3 Å². The monoisotopic (exact) mass is 265 g/mol. The third kappa shape index (κ3) is 3.82. The predicted octanol–water partition coefficient (Wildman–Crippen LogP) is 4.79. The summed E-state index contributed by atoms with van der Waals surface area (Å²) in [6.45, 7) is 2.02. The molecular formula is C18H19NO. The van der Waals surface area contributed by atoms with E-state index in [1.165, 1.54) is 5.57 Å². The SMILES string of the molecule is C/C=C\C(C=Nc1ccc(OC)cc1)=C1\C=CC=CC1. The van der Waals surface area contributed by atoms with E-state index in [1.54, 1.807) is 7.11 Å². The normalized spacial score (nSPS) is 17.1. The Balaban J connectivity index is 2.21. The largest absolute Gasteiger partial charge is 0.497 e. The summed E-state index contributed by atoms with van der Waals surface area (Å²) in [6.07, 6.45) is 15.4. The van der Waals surface area contributed by atoms with E-state index in [0.717, 1.165) is 23.4 Å². The Bertz CT molecular complexity index is 586. The summed E-state index contributed by atoms with van der Waals surface area (Å²) in [4.78, 5) is 4.53. The Kier molecular flexibility index (Phi) is 5.13. The van der Waals surface area contributed by atoms with Crippen LogP contribution in [0.15, 0.2) is 76.9 Å². The number of methoxy groups -OCH3 is 1. The number of aliphatic imine (C=N–C) groups is 1. The lowest BCUT2D eigenvalue weighted by Gasteiger charge is -2.05. The third-order valence-corrected chi connectivity index (χ3v) is 3.02. The van der Waals surface area contributed by atoms with Gasteiger partial charge in [0.05, 0.1) is 12.8 Å². The molecule has 0 radical (unpaired) electrons. The van der Waals surface area contributed by atoms with Gasteiger partial charge in [-0.25, -0.2) is 0 Å². The zero-order valence-corrected chi connectivity index (χ0v) is 11.9. The molecule has 1 aliphatic carbocycles. The standard InChI is InChI=1S/C18H19NO/c1-3-7-16(15-8-5-4-6-9-15)14-19-17-10-12-18(20-2)13-11-17/h3-8,10-14H,9H2,1-2H3/b7-3-,16-15+,19-14?. The molecule has 0 N–H and O–H groups in total. The van der Waals surface area contributed by atoms with Gasteiger partial charge in [-0.1, -0.05) is 36.5 Å². The second-order valence-electron chi connectivity index (χ2n) is 4.43. The number of nitrogens with zero attached hydrogens (tertiary/aromatic N) is 1. The van der Waals surface area contributed by atoms with Crippen LogP contribution < -0.4 is 4.74 Å². The number of benzene rings is 1. The van der Waals surface area contributed by atoms with E-state index < -0.39 is 0 Å². The predicted molar refractivity (Wildman–Crippen MR) is 85.9 cm³/mol. The first kappa shape index (κ1) is 14.1. The molecule has 0 aromatic heterocycles. The lowest BCUT2D eigenvalue weighted by molar-refractivity contribution is 0.415. The van der Waals surface area contributed by atoms with Crippen LogP contribution in [-0.4, -0.2) is 13.3 Å². The van der Waals surface area contributed by atoms with E-state index in [2.05, 4.69) is 35.4 Å². The smallest absolute Gasteiger partial charge is 0.119 e. The van der Waals surface area contributed by atoms with Gasteiger partial charge < -0.3 is 4.74 Å². The first-order valence-corrected chi connectivity index (χ1v) is 6.70. The molecule has 102 valence electrons. The van der Waals surface area contributed by atoms with Crippen molar-refractivity contribution in [2.24, 2.45) is 4.99 Å². The number of rotatable bonds is 4. The molecular weight excluding hydrogens is 246 g/mol. The van der Waals surface area contributed by atoms with E-state index in [1.807, 2.05) is 43.5 Å². The number of hydrogen-bond acceptors (Lipinski definition) is 2. The molecule has 2 heteroatoms. The van der Waals surface area contributed by atoms with Crippen LogP contribution in [0.5, 0.6) is 5.75 Å². The molecule has 1 aromatic rings. The van der Waals surface area contributed by atoms with Gasteiger partial charge in [-0.15, -0.1) is 0 Å². The Morgan fingerprint density at radius 2 is 2.00 bits per heavy atom. The van der Waals surface area contributed by atoms with Crippen molar-refractivity contribution in [1.82, 2.24) is 0 Å². The maximum Gasteiger partial charge on any atom is 0.119 e. The van der Waals surface area contributed by atoms with Crippen molar-refractivity contribution in [3.63, 3.8) is 0 Å². The van der Waals surface area contributed by atoms with E-state index in [0.29, 0.717) is 0 Å². The Labute approximate surface area is 120 Å². The molecule has 0 heterocycles. The van der Waals surface area contributed by atoms with Crippen molar-refractivity contribution in [2.75, 3.05) is 7.11 Å². The lowest BCUT2D eigenvalue weighted by atomic mass is 10.0. The van der Waals surface area contributed by atoms with Crippen LogP contribution in [0.2, 0.25) is 0 Å². The summed E-state index contributed by atoms with van der Waals surface area (Å²) in [5.41, 5.74) is 3.34. The molecule has 0 spiro atoms. The van der Waals surface area contributed by atoms with Crippen LogP contribution in [0.3, 0.4) is 0 Å². The molecule has 0 saturated carbocycles. The highest BCUT2D eigenvalue weighted by Gasteiger charge is 2.00. The minimum Gasteiger partial charge on any atom is -0.497 e. The Hall–Kier alpha value is -2.35. The van der Waals surface area contributed by atoms with Crippen LogP contribution in [0, 0.1) is 0 Å². The minimum atomic E-state index is 0.844. The van der Waals surface area contributed by atoms with Crippen LogP contribution >= 0.6 is 0 Å². The fourth-order valence-corrected chi connectivity index (χ4v) is 1.95. The van der Waals surface area contributed by atoms with Gasteiger partial charge in [-0.2, -0.15) is 0 Å². The van der Waals surface area contributed by atoms with Crippen LogP contribution in [-0.2, 0) is 0 Å². The van der Waals surface area contributed by atoms with Gasteiger partial charge in [0.2, 0.25) is 0 Å². The lowest BCUT2D eigenvalue weighted by Crippen LogP contribution is -1.90. The molecule has 0 unspecified atom stereocenters. The molecule has 0 aliphatic heterocycles. The van der Waals surface area contributed by atoms with E-state index in [9.17, 15) is 0 Å². The molecule has 0 amide bonds. The van der Waals surface area contributed by atoms with Gasteiger partial charge in [0.1, 0.15) is 5.75 Å². The zero-order chi connectivity index (χ0) is 14.2. The first-order valence-electron chi connectivity index (χ1n) is 6.70. The maximum absolute atomic E-state index is 5.14. The highest BCUT2D eigenvalue weighted by atomic mass is 16.5. The van der Waals surface area contributed by atoms with E-state index in [4.69, 9.17) is 4.74 Å². The second kappa shape index (κ2) is 7.29. The van der Waals surface area contributed by atoms with Crippen LogP contribution in [0.25, 0.3) is 0 Å². The van der Waals surface area contributed by atoms with E-state index in [-0.39, 0.29) is 0 Å². The molecule has 20 heavy (non-hydrogen) atoms. The Morgan fingerprint density at radius 1 is 1.20 bits per heavy atom. The average molecular weight is 265 g/mol. The first-order chi connectivity index (χ1) is 9.83. The van der Waals surface area contributed by atoms with Gasteiger partial charge in [0.25, 0.3) is 0 Å². The highest BCUT2D eigenvalue weighted by Crippen LogP contribution is 2.19. The fraction of sp³-hybridized carbons (Fsp3) is 0.167. The molecule has 2 rings (SSSR count). The van der Waals surface area contributed by atoms with Gasteiger partial charge in [0.15, 0.2) is 0 Å². The summed E-state index contributed by atoms with van der Waals surface area (Å²) in [5.74, 6) is 0.844. The van der Waals surface area contributed by atoms with Gasteiger partial charge in [-0.05, 0) is 48.8 Å². The maximum atomic E-state index is 5.14. The second-order valence-corrected chi connectivity index (χ2v) is 4.43. The van der Waals surface area contributed by atoms with Crippen molar-refractivity contribution in [1.29, 1.82) is 0 Å². The highest BCUT2D eigenvalue weighted by molar-refractivity contribution is 5.86. The van der Waals surface area contributed by atoms with Crippen molar-refractivity contribution < 1.29 is 4.74 Å². The zero-order valence-electron chi connectivity index (χ0n) is 11.9.